The maximum atomic E-state index is 0. The van der Waals surface area contributed by atoms with Crippen molar-refractivity contribution in [1.29, 1.82) is 0 Å². The summed E-state index contributed by atoms with van der Waals surface area (Å²) >= 11 is 0. The molecule has 0 saturated heterocycles. The molecule has 0 spiro atoms. The van der Waals surface area contributed by atoms with Crippen LogP contribution in [0.5, 0.6) is 0 Å². The Kier molecular flexibility index (Phi) is 15000. The molecular weight excluding hydrogens is 193 g/mol. The first-order chi connectivity index (χ1) is 0. The van der Waals surface area contributed by atoms with E-state index in [0.29, 0.717) is 0 Å². The Balaban J connectivity index is 0. The fourth-order valence-corrected chi connectivity index (χ4v) is 0. The summed E-state index contributed by atoms with van der Waals surface area (Å²) < 4.78 is 0. The summed E-state index contributed by atoms with van der Waals surface area (Å²) in [4.78, 5) is 0. The van der Waals surface area contributed by atoms with Gasteiger partial charge in [-0.3, -0.25) is 0 Å². The largest absolute Gasteiger partial charge is 0.344 e. The average Bonchev–Trinajstić information content (AvgIpc) is 0. The van der Waals surface area contributed by atoms with Gasteiger partial charge in [0.25, 0.3) is 0 Å². The molecule has 0 aromatic rings. The van der Waals surface area contributed by atoms with Crippen LogP contribution in [0.4, 0.5) is 0 Å². The molecule has 4 nitrogen and oxygen atoms in total. The first kappa shape index (κ1) is 394. The molecule has 6 heteroatoms. The maximum absolute atomic E-state index is 0. The predicted octanol–water partition coefficient (Wildman–Crippen LogP) is 1.07. The van der Waals surface area contributed by atoms with E-state index in [9.17, 15) is 0 Å². The molecule has 0 atom stereocenters. The Hall–Kier alpha value is 0.753. The van der Waals surface area contributed by atoms with Crippen LogP contribution in [0, 0.1) is 0 Å². The van der Waals surface area contributed by atoms with Gasteiger partial charge in [-0.05, 0) is 0 Å². The average molecular weight is 206 g/mol. The summed E-state index contributed by atoms with van der Waals surface area (Å²) in [7, 11) is 0. The minimum atomic E-state index is 0. The Morgan fingerprint density at radius 2 is 0.500 bits per heavy atom. The van der Waals surface area contributed by atoms with Crippen molar-refractivity contribution >= 4 is 12.4 Å². The van der Waals surface area contributed by atoms with E-state index in [1.54, 1.807) is 0 Å². The van der Waals surface area contributed by atoms with Crippen LogP contribution in [0.1, 0.15) is 0 Å². The summed E-state index contributed by atoms with van der Waals surface area (Å²) in [5, 5.41) is 0. The van der Waals surface area contributed by atoms with Crippen molar-refractivity contribution in [1.82, 2.24) is 24.6 Å². The van der Waals surface area contributed by atoms with Crippen molar-refractivity contribution in [3.63, 3.8) is 0 Å². The van der Waals surface area contributed by atoms with Crippen LogP contribution in [0.2, 0.25) is 0 Å². The van der Waals surface area contributed by atoms with E-state index in [2.05, 4.69) is 0 Å². The fourth-order valence-electron chi connectivity index (χ4n) is 0. The minimum Gasteiger partial charge on any atom is -0.344 e. The molecule has 0 rings (SSSR count). The van der Waals surface area contributed by atoms with Crippen LogP contribution in [0.25, 0.3) is 0 Å². The molecule has 0 aliphatic heterocycles. The second-order valence-corrected chi connectivity index (χ2v) is 0. The maximum Gasteiger partial charge on any atom is 0 e. The van der Waals surface area contributed by atoms with Crippen molar-refractivity contribution in [2.75, 3.05) is 0 Å². The van der Waals surface area contributed by atoms with Gasteiger partial charge < -0.3 is 24.6 Å². The molecule has 0 aliphatic carbocycles. The van der Waals surface area contributed by atoms with Crippen LogP contribution in [0.15, 0.2) is 0 Å². The van der Waals surface area contributed by atoms with E-state index in [4.69, 9.17) is 0 Å². The number of hydrogen-bond donors (Lipinski definition) is 4. The van der Waals surface area contributed by atoms with E-state index in [0.717, 1.165) is 0 Å². The molecule has 6 heavy (non-hydrogen) atoms. The molecule has 0 radical (unpaired) electrons. The molecular formula is H13ClN4Ru. The molecule has 0 heterocycles. The zero-order chi connectivity index (χ0) is 0. The normalized spacial score (nSPS) is 0. The van der Waals surface area contributed by atoms with Crippen LogP contribution >= 0.6 is 12.4 Å². The summed E-state index contributed by atoms with van der Waals surface area (Å²) in [6, 6.07) is 0. The molecule has 0 fully saturated rings. The van der Waals surface area contributed by atoms with E-state index in [1.807, 2.05) is 0 Å². The summed E-state index contributed by atoms with van der Waals surface area (Å²) in [5.41, 5.74) is 0. The smallest absolute Gasteiger partial charge is 0 e. The van der Waals surface area contributed by atoms with E-state index >= 15 is 0 Å². The summed E-state index contributed by atoms with van der Waals surface area (Å²) in [6.45, 7) is 0. The van der Waals surface area contributed by atoms with Crippen LogP contribution < -0.4 is 24.6 Å². The minimum absolute atomic E-state index is 0. The first-order valence-electron chi connectivity index (χ1n) is 0. The second kappa shape index (κ2) is 229. The molecule has 0 saturated carbocycles. The van der Waals surface area contributed by atoms with E-state index in [1.165, 1.54) is 0 Å². The first-order valence-corrected chi connectivity index (χ1v) is 0. The van der Waals surface area contributed by atoms with Gasteiger partial charge in [-0.15, -0.1) is 12.4 Å². The molecule has 0 unspecified atom stereocenters. The third-order valence-electron chi connectivity index (χ3n) is 0. The van der Waals surface area contributed by atoms with Gasteiger partial charge >= 0.3 is 0 Å². The van der Waals surface area contributed by atoms with Crippen molar-refractivity contribution in [2.24, 2.45) is 0 Å². The predicted molar refractivity (Wildman–Crippen MR) is 27.3 cm³/mol. The molecule has 48 valence electrons. The number of hydrogen-bond acceptors (Lipinski definition) is 4. The van der Waals surface area contributed by atoms with Crippen LogP contribution in [0.3, 0.4) is 0 Å². The van der Waals surface area contributed by atoms with Crippen molar-refractivity contribution < 1.29 is 19.5 Å². The third kappa shape index (κ3) is 118. The number of halogens is 1. The van der Waals surface area contributed by atoms with Gasteiger partial charge in [0, 0.05) is 19.5 Å². The van der Waals surface area contributed by atoms with Crippen molar-refractivity contribution in [3.8, 4) is 0 Å². The Morgan fingerprint density at radius 1 is 0.500 bits per heavy atom. The molecule has 0 aliphatic rings. The third-order valence-corrected chi connectivity index (χ3v) is 0. The molecule has 0 amide bonds. The van der Waals surface area contributed by atoms with E-state index in [-0.39, 0.29) is 56.5 Å². The van der Waals surface area contributed by atoms with Crippen molar-refractivity contribution in [2.45, 2.75) is 0 Å². The Morgan fingerprint density at radius 3 is 0.500 bits per heavy atom. The summed E-state index contributed by atoms with van der Waals surface area (Å²) in [6.07, 6.45) is 0. The molecule has 0 aromatic carbocycles. The van der Waals surface area contributed by atoms with Gasteiger partial charge in [-0.25, -0.2) is 0 Å². The SMILES string of the molecule is Cl.N.N.N.N.[Ru]. The van der Waals surface area contributed by atoms with Gasteiger partial charge in [-0.1, -0.05) is 0 Å². The van der Waals surface area contributed by atoms with Gasteiger partial charge in [0.2, 0.25) is 0 Å². The van der Waals surface area contributed by atoms with Gasteiger partial charge in [0.1, 0.15) is 0 Å². The zero-order valence-corrected chi connectivity index (χ0v) is 6.14. The quantitative estimate of drug-likeness (QED) is 0.439. The number of rotatable bonds is 0. The topological polar surface area (TPSA) is 140 Å². The van der Waals surface area contributed by atoms with Gasteiger partial charge in [0.15, 0.2) is 0 Å². The monoisotopic (exact) mass is 206 g/mol. The molecule has 0 bridgehead atoms. The van der Waals surface area contributed by atoms with Crippen molar-refractivity contribution in [3.05, 3.63) is 0 Å². The molecule has 12 N–H and O–H groups in total. The standard InChI is InChI=1S/ClH.4H3N.Ru/h1H;4*1H3;. The Labute approximate surface area is 56.9 Å². The van der Waals surface area contributed by atoms with E-state index < -0.39 is 0 Å². The second-order valence-electron chi connectivity index (χ2n) is 0. The van der Waals surface area contributed by atoms with Gasteiger partial charge in [-0.2, -0.15) is 0 Å². The Bertz CT molecular complexity index is 7.51. The van der Waals surface area contributed by atoms with Gasteiger partial charge in [0.05, 0.1) is 0 Å². The zero-order valence-electron chi connectivity index (χ0n) is 3.59. The fraction of sp³-hybridized carbons (Fsp3) is 0. The summed E-state index contributed by atoms with van der Waals surface area (Å²) in [5.74, 6) is 0. The molecule has 0 aromatic heterocycles. The van der Waals surface area contributed by atoms with Crippen LogP contribution in [-0.2, 0) is 19.5 Å². The van der Waals surface area contributed by atoms with Crippen LogP contribution in [-0.4, -0.2) is 0 Å².